The van der Waals surface area contributed by atoms with Crippen LogP contribution in [-0.2, 0) is 12.0 Å². The van der Waals surface area contributed by atoms with Gasteiger partial charge >= 0.3 is 0 Å². The number of aromatic nitrogens is 2. The molecule has 0 bridgehead atoms. The first kappa shape index (κ1) is 16.0. The molecule has 0 saturated carbocycles. The molecule has 2 aliphatic rings. The third-order valence-electron chi connectivity index (χ3n) is 6.11. The normalized spacial score (nSPS) is 20.9. The fourth-order valence-corrected chi connectivity index (χ4v) is 4.62. The Morgan fingerprint density at radius 1 is 1.22 bits per heavy atom. The Kier molecular flexibility index (Phi) is 3.17. The Hall–Kier alpha value is -3.26. The first-order valence-corrected chi connectivity index (χ1v) is 9.32. The molecular weight excluding hydrogens is 334 g/mol. The van der Waals surface area contributed by atoms with Crippen molar-refractivity contribution in [2.24, 2.45) is 5.73 Å². The molecule has 1 aliphatic carbocycles. The minimum absolute atomic E-state index is 0.480. The van der Waals surface area contributed by atoms with E-state index in [0.717, 1.165) is 35.9 Å². The van der Waals surface area contributed by atoms with E-state index in [0.29, 0.717) is 17.3 Å². The maximum Gasteiger partial charge on any atom is 0.210 e. The highest BCUT2D eigenvalue weighted by Gasteiger charge is 2.45. The predicted molar refractivity (Wildman–Crippen MR) is 107 cm³/mol. The number of hydrogen-bond donors (Lipinski definition) is 2. The maximum absolute atomic E-state index is 10.1. The van der Waals surface area contributed by atoms with Crippen LogP contribution in [0.15, 0.2) is 42.0 Å². The van der Waals surface area contributed by atoms with Gasteiger partial charge in [0.15, 0.2) is 0 Å². The van der Waals surface area contributed by atoms with Crippen LogP contribution in [0.5, 0.6) is 0 Å². The number of fused-ring (bicyclic) bond motifs is 5. The van der Waals surface area contributed by atoms with E-state index in [-0.39, 0.29) is 0 Å². The van der Waals surface area contributed by atoms with Crippen molar-refractivity contribution in [1.29, 1.82) is 5.26 Å². The summed E-state index contributed by atoms with van der Waals surface area (Å²) in [6, 6.07) is 14.9. The Morgan fingerprint density at radius 3 is 2.81 bits per heavy atom. The molecule has 5 nitrogen and oxygen atoms in total. The Bertz CT molecular complexity index is 1180. The van der Waals surface area contributed by atoms with Gasteiger partial charge in [0.05, 0.1) is 11.0 Å². The molecule has 1 aliphatic heterocycles. The molecule has 1 unspecified atom stereocenters. The number of rotatable bonds is 0. The summed E-state index contributed by atoms with van der Waals surface area (Å²) in [5.74, 6) is 1.19. The topological polar surface area (TPSA) is 79.7 Å². The van der Waals surface area contributed by atoms with Crippen molar-refractivity contribution in [2.45, 2.75) is 38.6 Å². The molecule has 1 atom stereocenters. The van der Waals surface area contributed by atoms with Crippen LogP contribution in [0, 0.1) is 25.2 Å². The third-order valence-corrected chi connectivity index (χ3v) is 6.11. The number of nitrogens with one attached hydrogen (secondary N) is 1. The summed E-state index contributed by atoms with van der Waals surface area (Å²) < 4.78 is 1.89. The fraction of sp³-hybridized carbons (Fsp3) is 0.273. The van der Waals surface area contributed by atoms with Crippen molar-refractivity contribution in [3.05, 3.63) is 64.2 Å². The monoisotopic (exact) mass is 355 g/mol. The second-order valence-electron chi connectivity index (χ2n) is 7.61. The predicted octanol–water partition coefficient (Wildman–Crippen LogP) is 3.96. The lowest BCUT2D eigenvalue weighted by Crippen LogP contribution is -2.45. The molecule has 1 aromatic heterocycles. The van der Waals surface area contributed by atoms with Gasteiger partial charge in [-0.3, -0.25) is 4.57 Å². The molecule has 5 rings (SSSR count). The van der Waals surface area contributed by atoms with Gasteiger partial charge in [-0.05, 0) is 67.5 Å². The second kappa shape index (κ2) is 5.37. The van der Waals surface area contributed by atoms with Crippen LogP contribution in [0.2, 0.25) is 0 Å². The third kappa shape index (κ3) is 2.01. The molecule has 3 aromatic rings. The molecule has 5 heteroatoms. The van der Waals surface area contributed by atoms with Gasteiger partial charge in [-0.1, -0.05) is 24.3 Å². The van der Waals surface area contributed by atoms with E-state index in [2.05, 4.69) is 55.6 Å². The van der Waals surface area contributed by atoms with E-state index in [4.69, 9.17) is 10.7 Å². The lowest BCUT2D eigenvalue weighted by atomic mass is 9.71. The van der Waals surface area contributed by atoms with Gasteiger partial charge in [0.1, 0.15) is 23.0 Å². The lowest BCUT2D eigenvalue weighted by molar-refractivity contribution is 0.468. The van der Waals surface area contributed by atoms with Crippen LogP contribution in [-0.4, -0.2) is 9.55 Å². The molecular formula is C22H21N5. The highest BCUT2D eigenvalue weighted by molar-refractivity contribution is 5.87. The highest BCUT2D eigenvalue weighted by Crippen LogP contribution is 2.47. The summed E-state index contributed by atoms with van der Waals surface area (Å²) >= 11 is 0. The van der Waals surface area contributed by atoms with Crippen LogP contribution in [0.4, 0.5) is 5.95 Å². The molecule has 1 spiro atoms. The zero-order valence-electron chi connectivity index (χ0n) is 15.5. The largest absolute Gasteiger partial charge is 0.384 e. The minimum Gasteiger partial charge on any atom is -0.384 e. The molecule has 0 radical (unpaired) electrons. The number of nitriles is 1. The van der Waals surface area contributed by atoms with Crippen LogP contribution < -0.4 is 11.1 Å². The zero-order valence-corrected chi connectivity index (χ0v) is 15.5. The number of anilines is 1. The van der Waals surface area contributed by atoms with Crippen LogP contribution in [0.25, 0.3) is 16.9 Å². The van der Waals surface area contributed by atoms with Crippen molar-refractivity contribution in [2.75, 3.05) is 5.32 Å². The first-order valence-electron chi connectivity index (χ1n) is 9.32. The summed E-state index contributed by atoms with van der Waals surface area (Å²) in [7, 11) is 0. The number of benzene rings is 2. The lowest BCUT2D eigenvalue weighted by Gasteiger charge is -2.42. The van der Waals surface area contributed by atoms with E-state index in [1.165, 1.54) is 16.7 Å². The molecule has 134 valence electrons. The van der Waals surface area contributed by atoms with Gasteiger partial charge in [-0.25, -0.2) is 4.98 Å². The van der Waals surface area contributed by atoms with Crippen LogP contribution >= 0.6 is 0 Å². The Morgan fingerprint density at radius 2 is 2.00 bits per heavy atom. The van der Waals surface area contributed by atoms with Gasteiger partial charge in [0.2, 0.25) is 5.95 Å². The van der Waals surface area contributed by atoms with Crippen molar-refractivity contribution in [3.63, 3.8) is 0 Å². The number of hydrogen-bond acceptors (Lipinski definition) is 4. The Balaban J connectivity index is 1.83. The van der Waals surface area contributed by atoms with Crippen LogP contribution in [0.3, 0.4) is 0 Å². The van der Waals surface area contributed by atoms with Gasteiger partial charge in [-0.15, -0.1) is 0 Å². The molecule has 2 aromatic carbocycles. The highest BCUT2D eigenvalue weighted by atomic mass is 15.3. The molecule has 0 amide bonds. The average molecular weight is 355 g/mol. The molecule has 2 heterocycles. The summed E-state index contributed by atoms with van der Waals surface area (Å²) in [6.07, 6.45) is 2.85. The maximum atomic E-state index is 10.1. The summed E-state index contributed by atoms with van der Waals surface area (Å²) in [5, 5.41) is 13.7. The summed E-state index contributed by atoms with van der Waals surface area (Å²) in [4.78, 5) is 4.83. The van der Waals surface area contributed by atoms with Crippen molar-refractivity contribution < 1.29 is 0 Å². The molecule has 0 fully saturated rings. The van der Waals surface area contributed by atoms with Crippen molar-refractivity contribution in [1.82, 2.24) is 9.55 Å². The van der Waals surface area contributed by atoms with Crippen LogP contribution in [0.1, 0.15) is 35.1 Å². The second-order valence-corrected chi connectivity index (χ2v) is 7.61. The van der Waals surface area contributed by atoms with Crippen molar-refractivity contribution in [3.8, 4) is 6.07 Å². The zero-order chi connectivity index (χ0) is 18.8. The van der Waals surface area contributed by atoms with Crippen molar-refractivity contribution >= 4 is 22.8 Å². The van der Waals surface area contributed by atoms with E-state index >= 15 is 0 Å². The van der Waals surface area contributed by atoms with Gasteiger partial charge < -0.3 is 11.1 Å². The quantitative estimate of drug-likeness (QED) is 0.640. The summed E-state index contributed by atoms with van der Waals surface area (Å²) in [6.45, 7) is 4.16. The van der Waals surface area contributed by atoms with E-state index < -0.39 is 5.54 Å². The van der Waals surface area contributed by atoms with Gasteiger partial charge in [-0.2, -0.15) is 5.26 Å². The minimum atomic E-state index is -0.602. The average Bonchev–Trinajstić information content (AvgIpc) is 2.99. The smallest absolute Gasteiger partial charge is 0.210 e. The first-order chi connectivity index (χ1) is 13.0. The fourth-order valence-electron chi connectivity index (χ4n) is 4.62. The van der Waals surface area contributed by atoms with Gasteiger partial charge in [0, 0.05) is 0 Å². The SMILES string of the molecule is Cc1cc2nc3n(c2cc1C)C(N)=C(C#N)C1(CCCc2ccccc21)N3. The van der Waals surface area contributed by atoms with E-state index in [9.17, 15) is 5.26 Å². The number of aryl methyl sites for hydroxylation is 3. The van der Waals surface area contributed by atoms with Gasteiger partial charge in [0.25, 0.3) is 0 Å². The van der Waals surface area contributed by atoms with E-state index in [1.807, 2.05) is 10.6 Å². The number of imidazole rings is 1. The number of nitrogens with zero attached hydrogens (tertiary/aromatic N) is 3. The van der Waals surface area contributed by atoms with E-state index in [1.54, 1.807) is 0 Å². The molecule has 3 N–H and O–H groups in total. The number of nitrogens with two attached hydrogens (primary N) is 1. The molecule has 27 heavy (non-hydrogen) atoms. The molecule has 0 saturated heterocycles. The Labute approximate surface area is 158 Å². The standard InChI is InChI=1S/C22H21N5/c1-13-10-18-19(11-14(13)2)27-20(24)17(12-23)22(26-21(27)25-18)9-5-7-15-6-3-4-8-16(15)22/h3-4,6,8,10-11H,5,7,9,24H2,1-2H3,(H,25,26). The summed E-state index contributed by atoms with van der Waals surface area (Å²) in [5.41, 5.74) is 13.2.